The summed E-state index contributed by atoms with van der Waals surface area (Å²) in [6.07, 6.45) is 4.99. The van der Waals surface area contributed by atoms with E-state index in [1.54, 1.807) is 18.5 Å². The highest BCUT2D eigenvalue weighted by atomic mass is 16.3. The molecule has 2 heterocycles. The van der Waals surface area contributed by atoms with Crippen molar-refractivity contribution in [3.05, 3.63) is 39.9 Å². The van der Waals surface area contributed by atoms with E-state index in [-0.39, 0.29) is 17.2 Å². The van der Waals surface area contributed by atoms with Gasteiger partial charge < -0.3 is 5.11 Å². The Morgan fingerprint density at radius 3 is 2.78 bits per heavy atom. The molecule has 0 saturated heterocycles. The molecule has 2 aromatic heterocycles. The molecule has 0 radical (unpaired) electrons. The van der Waals surface area contributed by atoms with Crippen molar-refractivity contribution in [3.8, 4) is 5.75 Å². The van der Waals surface area contributed by atoms with Crippen LogP contribution in [0.3, 0.4) is 0 Å². The van der Waals surface area contributed by atoms with Gasteiger partial charge in [0.1, 0.15) is 0 Å². The standard InChI is InChI=1S/C14H18N2O2/c1-4-5-10-6-7-16-13(12(10)17)15-8-11(9(2)3)14(16)18/h6-9,17H,4-5H2,1-3H3. The Labute approximate surface area is 106 Å². The molecule has 4 nitrogen and oxygen atoms in total. The van der Waals surface area contributed by atoms with Gasteiger partial charge in [-0.1, -0.05) is 27.2 Å². The zero-order chi connectivity index (χ0) is 13.3. The highest BCUT2D eigenvalue weighted by Crippen LogP contribution is 2.22. The van der Waals surface area contributed by atoms with E-state index in [4.69, 9.17) is 0 Å². The van der Waals surface area contributed by atoms with Gasteiger partial charge in [0.05, 0.1) is 0 Å². The summed E-state index contributed by atoms with van der Waals surface area (Å²) < 4.78 is 1.42. The maximum absolute atomic E-state index is 12.2. The minimum atomic E-state index is -0.103. The fourth-order valence-electron chi connectivity index (χ4n) is 2.05. The number of aromatic hydroxyl groups is 1. The number of nitrogens with zero attached hydrogens (tertiary/aromatic N) is 2. The van der Waals surface area contributed by atoms with Gasteiger partial charge in [0.15, 0.2) is 11.4 Å². The van der Waals surface area contributed by atoms with Crippen LogP contribution in [-0.4, -0.2) is 14.5 Å². The van der Waals surface area contributed by atoms with Crippen molar-refractivity contribution >= 4 is 5.65 Å². The van der Waals surface area contributed by atoms with E-state index < -0.39 is 0 Å². The number of hydrogen-bond acceptors (Lipinski definition) is 3. The first kappa shape index (κ1) is 12.6. The second-order valence-corrected chi connectivity index (χ2v) is 4.81. The van der Waals surface area contributed by atoms with Gasteiger partial charge in [0.25, 0.3) is 5.56 Å². The summed E-state index contributed by atoms with van der Waals surface area (Å²) in [6, 6.07) is 1.79. The number of pyridine rings is 1. The topological polar surface area (TPSA) is 54.6 Å². The van der Waals surface area contributed by atoms with E-state index in [0.29, 0.717) is 11.2 Å². The largest absolute Gasteiger partial charge is 0.504 e. The van der Waals surface area contributed by atoms with E-state index in [0.717, 1.165) is 18.4 Å². The lowest BCUT2D eigenvalue weighted by Gasteiger charge is -2.10. The molecule has 0 saturated carbocycles. The molecule has 96 valence electrons. The Hall–Kier alpha value is -1.84. The summed E-state index contributed by atoms with van der Waals surface area (Å²) in [4.78, 5) is 16.4. The first-order chi connectivity index (χ1) is 8.56. The quantitative estimate of drug-likeness (QED) is 0.905. The van der Waals surface area contributed by atoms with Crippen LogP contribution in [0.5, 0.6) is 5.75 Å². The van der Waals surface area contributed by atoms with Crippen LogP contribution in [0.4, 0.5) is 0 Å². The van der Waals surface area contributed by atoms with Gasteiger partial charge in [-0.05, 0) is 24.0 Å². The van der Waals surface area contributed by atoms with Gasteiger partial charge in [-0.25, -0.2) is 4.98 Å². The number of aromatic nitrogens is 2. The second-order valence-electron chi connectivity index (χ2n) is 4.81. The summed E-state index contributed by atoms with van der Waals surface area (Å²) in [5.41, 5.74) is 1.74. The fraction of sp³-hybridized carbons (Fsp3) is 0.429. The van der Waals surface area contributed by atoms with Gasteiger partial charge in [-0.2, -0.15) is 0 Å². The average Bonchev–Trinajstić information content (AvgIpc) is 2.33. The fourth-order valence-corrected chi connectivity index (χ4v) is 2.05. The third-order valence-corrected chi connectivity index (χ3v) is 3.10. The molecule has 0 atom stereocenters. The lowest BCUT2D eigenvalue weighted by atomic mass is 10.1. The van der Waals surface area contributed by atoms with Crippen LogP contribution in [0.25, 0.3) is 5.65 Å². The highest BCUT2D eigenvalue weighted by Gasteiger charge is 2.12. The predicted octanol–water partition coefficient (Wildman–Crippen LogP) is 2.48. The van der Waals surface area contributed by atoms with Crippen LogP contribution >= 0.6 is 0 Å². The molecule has 0 aliphatic carbocycles. The minimum absolute atomic E-state index is 0.103. The SMILES string of the molecule is CCCc1ccn2c(=O)c(C(C)C)cnc2c1O. The van der Waals surface area contributed by atoms with Crippen molar-refractivity contribution in [1.29, 1.82) is 0 Å². The van der Waals surface area contributed by atoms with Crippen molar-refractivity contribution in [2.75, 3.05) is 0 Å². The van der Waals surface area contributed by atoms with E-state index in [1.165, 1.54) is 4.40 Å². The molecular formula is C14H18N2O2. The number of fused-ring (bicyclic) bond motifs is 1. The van der Waals surface area contributed by atoms with Gasteiger partial charge in [-0.3, -0.25) is 9.20 Å². The Morgan fingerprint density at radius 1 is 1.44 bits per heavy atom. The maximum atomic E-state index is 12.2. The normalized spacial score (nSPS) is 11.3. The molecule has 2 aromatic rings. The molecule has 18 heavy (non-hydrogen) atoms. The van der Waals surface area contributed by atoms with Crippen LogP contribution in [-0.2, 0) is 6.42 Å². The Balaban J connectivity index is 2.71. The molecule has 0 aliphatic rings. The Kier molecular flexibility index (Phi) is 3.36. The lowest BCUT2D eigenvalue weighted by Crippen LogP contribution is -2.20. The van der Waals surface area contributed by atoms with Crippen molar-refractivity contribution in [1.82, 2.24) is 9.38 Å². The Bertz CT molecular complexity index is 629. The summed E-state index contributed by atoms with van der Waals surface area (Å²) in [6.45, 7) is 5.96. The lowest BCUT2D eigenvalue weighted by molar-refractivity contribution is 0.468. The van der Waals surface area contributed by atoms with Crippen LogP contribution in [0.1, 0.15) is 44.2 Å². The third kappa shape index (κ3) is 1.98. The van der Waals surface area contributed by atoms with Crippen LogP contribution in [0, 0.1) is 0 Å². The molecule has 0 aliphatic heterocycles. The van der Waals surface area contributed by atoms with Gasteiger partial charge >= 0.3 is 0 Å². The molecule has 0 aromatic carbocycles. The molecule has 0 spiro atoms. The Morgan fingerprint density at radius 2 is 2.17 bits per heavy atom. The molecule has 2 rings (SSSR count). The number of rotatable bonds is 3. The van der Waals surface area contributed by atoms with E-state index >= 15 is 0 Å². The van der Waals surface area contributed by atoms with Crippen LogP contribution < -0.4 is 5.56 Å². The second kappa shape index (κ2) is 4.80. The summed E-state index contributed by atoms with van der Waals surface area (Å²) >= 11 is 0. The zero-order valence-electron chi connectivity index (χ0n) is 11.0. The van der Waals surface area contributed by atoms with Crippen LogP contribution in [0.15, 0.2) is 23.3 Å². The third-order valence-electron chi connectivity index (χ3n) is 3.10. The molecule has 0 fully saturated rings. The summed E-state index contributed by atoms with van der Waals surface area (Å²) in [5, 5.41) is 10.1. The zero-order valence-corrected chi connectivity index (χ0v) is 11.0. The first-order valence-electron chi connectivity index (χ1n) is 6.28. The highest BCUT2D eigenvalue weighted by molar-refractivity contribution is 5.56. The van der Waals surface area contributed by atoms with Gasteiger partial charge in [0.2, 0.25) is 0 Å². The minimum Gasteiger partial charge on any atom is -0.504 e. The van der Waals surface area contributed by atoms with Gasteiger partial charge in [0, 0.05) is 18.0 Å². The monoisotopic (exact) mass is 246 g/mol. The summed E-state index contributed by atoms with van der Waals surface area (Å²) in [5.74, 6) is 0.242. The van der Waals surface area contributed by atoms with Crippen molar-refractivity contribution in [2.45, 2.75) is 39.5 Å². The average molecular weight is 246 g/mol. The van der Waals surface area contributed by atoms with Crippen molar-refractivity contribution < 1.29 is 5.11 Å². The van der Waals surface area contributed by atoms with Gasteiger partial charge in [-0.15, -0.1) is 0 Å². The molecular weight excluding hydrogens is 228 g/mol. The van der Waals surface area contributed by atoms with E-state index in [1.807, 2.05) is 20.8 Å². The maximum Gasteiger partial charge on any atom is 0.261 e. The predicted molar refractivity (Wildman–Crippen MR) is 71.2 cm³/mol. The van der Waals surface area contributed by atoms with Crippen LogP contribution in [0.2, 0.25) is 0 Å². The first-order valence-corrected chi connectivity index (χ1v) is 6.28. The van der Waals surface area contributed by atoms with Crippen molar-refractivity contribution in [3.63, 3.8) is 0 Å². The molecule has 0 amide bonds. The number of aryl methyl sites for hydroxylation is 1. The molecule has 1 N–H and O–H groups in total. The summed E-state index contributed by atoms with van der Waals surface area (Å²) in [7, 11) is 0. The molecule has 4 heteroatoms. The molecule has 0 unspecified atom stereocenters. The van der Waals surface area contributed by atoms with E-state index in [9.17, 15) is 9.90 Å². The van der Waals surface area contributed by atoms with Crippen molar-refractivity contribution in [2.24, 2.45) is 0 Å². The molecule has 0 bridgehead atoms. The van der Waals surface area contributed by atoms with E-state index in [2.05, 4.69) is 4.98 Å². The smallest absolute Gasteiger partial charge is 0.261 e. The number of hydrogen-bond donors (Lipinski definition) is 1.